The summed E-state index contributed by atoms with van der Waals surface area (Å²) in [5.41, 5.74) is 0.187. The van der Waals surface area contributed by atoms with Crippen LogP contribution in [0.5, 0.6) is 11.5 Å². The minimum atomic E-state index is -2.99. The van der Waals surface area contributed by atoms with Gasteiger partial charge in [0.15, 0.2) is 11.5 Å². The van der Waals surface area contributed by atoms with E-state index < -0.39 is 12.5 Å². The molecular weight excluding hydrogens is 358 g/mol. The minimum Gasteiger partial charge on any atom is -0.493 e. The zero-order valence-electron chi connectivity index (χ0n) is 15.4. The number of methoxy groups -OCH3 is 1. The van der Waals surface area contributed by atoms with Crippen LogP contribution in [-0.2, 0) is 4.79 Å². The van der Waals surface area contributed by atoms with Crippen molar-refractivity contribution in [2.45, 2.75) is 57.6 Å². The third-order valence-electron chi connectivity index (χ3n) is 4.52. The van der Waals surface area contributed by atoms with Gasteiger partial charge in [-0.2, -0.15) is 8.78 Å². The van der Waals surface area contributed by atoms with Gasteiger partial charge in [-0.3, -0.25) is 9.59 Å². The molecule has 0 aromatic heterocycles. The number of nitrogens with one attached hydrogen (secondary N) is 2. The van der Waals surface area contributed by atoms with E-state index in [4.69, 9.17) is 4.74 Å². The van der Waals surface area contributed by atoms with Crippen molar-refractivity contribution in [2.24, 2.45) is 0 Å². The van der Waals surface area contributed by atoms with E-state index >= 15 is 0 Å². The van der Waals surface area contributed by atoms with Crippen LogP contribution in [0.1, 0.15) is 55.3 Å². The lowest BCUT2D eigenvalue weighted by Crippen LogP contribution is -2.42. The number of hydrogen-bond donors (Lipinski definition) is 2. The minimum absolute atomic E-state index is 0.0157. The summed E-state index contributed by atoms with van der Waals surface area (Å²) in [6.07, 6.45) is 7.76. The maximum absolute atomic E-state index is 12.3. The summed E-state index contributed by atoms with van der Waals surface area (Å²) in [7, 11) is 1.29. The van der Waals surface area contributed by atoms with Gasteiger partial charge >= 0.3 is 6.61 Å². The number of rotatable bonds is 7. The molecule has 0 atom stereocenters. The maximum Gasteiger partial charge on any atom is 0.387 e. The number of halogens is 2. The summed E-state index contributed by atoms with van der Waals surface area (Å²) in [6.45, 7) is -3.14. The largest absolute Gasteiger partial charge is 0.493 e. The highest BCUT2D eigenvalue weighted by atomic mass is 19.3. The first-order valence-corrected chi connectivity index (χ1v) is 9.20. The van der Waals surface area contributed by atoms with E-state index in [2.05, 4.69) is 15.4 Å². The summed E-state index contributed by atoms with van der Waals surface area (Å²) in [6, 6.07) is 4.01. The Kier molecular flexibility index (Phi) is 8.29. The molecule has 0 aliphatic heterocycles. The molecule has 150 valence electrons. The molecule has 0 radical (unpaired) electrons. The highest BCUT2D eigenvalue weighted by Crippen LogP contribution is 2.29. The van der Waals surface area contributed by atoms with Crippen molar-refractivity contribution in [3.63, 3.8) is 0 Å². The molecule has 1 aromatic carbocycles. The van der Waals surface area contributed by atoms with Crippen molar-refractivity contribution in [3.8, 4) is 11.5 Å². The van der Waals surface area contributed by atoms with E-state index in [-0.39, 0.29) is 35.6 Å². The number of amides is 2. The molecule has 1 aliphatic rings. The van der Waals surface area contributed by atoms with Gasteiger partial charge in [0.2, 0.25) is 5.91 Å². The Morgan fingerprint density at radius 1 is 1.11 bits per heavy atom. The van der Waals surface area contributed by atoms with E-state index in [0.29, 0.717) is 0 Å². The molecule has 8 heteroatoms. The number of hydrogen-bond acceptors (Lipinski definition) is 4. The van der Waals surface area contributed by atoms with Crippen molar-refractivity contribution in [3.05, 3.63) is 23.8 Å². The van der Waals surface area contributed by atoms with Crippen LogP contribution in [0.25, 0.3) is 0 Å². The van der Waals surface area contributed by atoms with Crippen LogP contribution in [0, 0.1) is 0 Å². The van der Waals surface area contributed by atoms with Crippen LogP contribution >= 0.6 is 0 Å². The van der Waals surface area contributed by atoms with E-state index in [1.807, 2.05) is 0 Å². The quantitative estimate of drug-likeness (QED) is 0.757. The lowest BCUT2D eigenvalue weighted by molar-refractivity contribution is -0.121. The molecule has 2 N–H and O–H groups in total. The summed E-state index contributed by atoms with van der Waals surface area (Å²) < 4.78 is 34.0. The van der Waals surface area contributed by atoms with Crippen LogP contribution in [0.4, 0.5) is 8.78 Å². The van der Waals surface area contributed by atoms with E-state index in [0.717, 1.165) is 25.7 Å². The van der Waals surface area contributed by atoms with Gasteiger partial charge in [-0.25, -0.2) is 0 Å². The molecular formula is C19H26F2N2O4. The Hall–Kier alpha value is -2.38. The Morgan fingerprint density at radius 2 is 1.78 bits per heavy atom. The monoisotopic (exact) mass is 384 g/mol. The molecule has 1 aromatic rings. The average Bonchev–Trinajstić information content (AvgIpc) is 2.61. The summed E-state index contributed by atoms with van der Waals surface area (Å²) in [5.74, 6) is -0.878. The summed E-state index contributed by atoms with van der Waals surface area (Å²) in [4.78, 5) is 24.3. The topological polar surface area (TPSA) is 76.7 Å². The molecule has 0 saturated heterocycles. The Balaban J connectivity index is 1.86. The Morgan fingerprint density at radius 3 is 2.41 bits per heavy atom. The van der Waals surface area contributed by atoms with Gasteiger partial charge in [0.25, 0.3) is 5.91 Å². The second-order valence-corrected chi connectivity index (χ2v) is 6.54. The van der Waals surface area contributed by atoms with Crippen molar-refractivity contribution < 1.29 is 27.8 Å². The van der Waals surface area contributed by atoms with Gasteiger partial charge in [0.05, 0.1) is 13.7 Å². The van der Waals surface area contributed by atoms with E-state index in [9.17, 15) is 18.4 Å². The normalized spacial score (nSPS) is 15.6. The van der Waals surface area contributed by atoms with E-state index in [1.54, 1.807) is 0 Å². The summed E-state index contributed by atoms with van der Waals surface area (Å²) >= 11 is 0. The fraction of sp³-hybridized carbons (Fsp3) is 0.579. The van der Waals surface area contributed by atoms with Crippen LogP contribution in [0.3, 0.4) is 0 Å². The van der Waals surface area contributed by atoms with Crippen LogP contribution in [0.15, 0.2) is 18.2 Å². The molecule has 0 unspecified atom stereocenters. The molecule has 27 heavy (non-hydrogen) atoms. The molecule has 1 aliphatic carbocycles. The molecule has 0 heterocycles. The second kappa shape index (κ2) is 10.7. The molecule has 0 bridgehead atoms. The fourth-order valence-corrected chi connectivity index (χ4v) is 3.14. The molecule has 0 spiro atoms. The number of ether oxygens (including phenoxy) is 2. The first-order valence-electron chi connectivity index (χ1n) is 9.20. The number of carbonyl (C=O) groups is 2. The van der Waals surface area contributed by atoms with Gasteiger partial charge < -0.3 is 20.1 Å². The van der Waals surface area contributed by atoms with Crippen molar-refractivity contribution in [2.75, 3.05) is 13.7 Å². The lowest BCUT2D eigenvalue weighted by Gasteiger charge is -2.21. The van der Waals surface area contributed by atoms with Gasteiger partial charge in [-0.1, -0.05) is 32.1 Å². The predicted molar refractivity (Wildman–Crippen MR) is 96.2 cm³/mol. The second-order valence-electron chi connectivity index (χ2n) is 6.54. The molecule has 1 fully saturated rings. The smallest absolute Gasteiger partial charge is 0.387 e. The third-order valence-corrected chi connectivity index (χ3v) is 4.52. The molecule has 2 amide bonds. The first kappa shape index (κ1) is 20.9. The highest BCUT2D eigenvalue weighted by Gasteiger charge is 2.17. The van der Waals surface area contributed by atoms with Gasteiger partial charge in [-0.05, 0) is 31.0 Å². The average molecular weight is 384 g/mol. The van der Waals surface area contributed by atoms with E-state index in [1.165, 1.54) is 44.6 Å². The molecule has 2 rings (SSSR count). The summed E-state index contributed by atoms with van der Waals surface area (Å²) in [5, 5.41) is 5.50. The lowest BCUT2D eigenvalue weighted by atomic mass is 9.97. The standard InChI is InChI=1S/C19H26F2N2O4/c1-26-16-11-13(9-10-15(16)27-19(20)21)18(25)22-12-17(24)23-14-7-5-3-2-4-6-8-14/h9-11,14,19H,2-8,12H2,1H3,(H,22,25)(H,23,24). The predicted octanol–water partition coefficient (Wildman–Crippen LogP) is 3.26. The van der Waals surface area contributed by atoms with Gasteiger partial charge in [0.1, 0.15) is 0 Å². The SMILES string of the molecule is COc1cc(C(=O)NCC(=O)NC2CCCCCCC2)ccc1OC(F)F. The van der Waals surface area contributed by atoms with Crippen LogP contribution in [-0.4, -0.2) is 38.1 Å². The number of alkyl halides is 2. The Bertz CT molecular complexity index is 632. The van der Waals surface area contributed by atoms with Crippen molar-refractivity contribution in [1.29, 1.82) is 0 Å². The zero-order valence-corrected chi connectivity index (χ0v) is 15.4. The molecule has 6 nitrogen and oxygen atoms in total. The number of carbonyl (C=O) groups excluding carboxylic acids is 2. The third kappa shape index (κ3) is 7.03. The Labute approximate surface area is 157 Å². The van der Waals surface area contributed by atoms with Gasteiger partial charge in [-0.15, -0.1) is 0 Å². The highest BCUT2D eigenvalue weighted by molar-refractivity contribution is 5.97. The van der Waals surface area contributed by atoms with Crippen LogP contribution < -0.4 is 20.1 Å². The zero-order chi connectivity index (χ0) is 19.6. The fourth-order valence-electron chi connectivity index (χ4n) is 3.14. The van der Waals surface area contributed by atoms with Crippen LogP contribution in [0.2, 0.25) is 0 Å². The molecule has 1 saturated carbocycles. The van der Waals surface area contributed by atoms with Crippen molar-refractivity contribution in [1.82, 2.24) is 10.6 Å². The maximum atomic E-state index is 12.3. The number of benzene rings is 1. The first-order chi connectivity index (χ1) is 13.0. The van der Waals surface area contributed by atoms with Gasteiger partial charge in [0, 0.05) is 11.6 Å². The van der Waals surface area contributed by atoms with Crippen molar-refractivity contribution >= 4 is 11.8 Å².